The molecule has 190 valence electrons. The van der Waals surface area contributed by atoms with Gasteiger partial charge in [-0.3, -0.25) is 4.79 Å². The van der Waals surface area contributed by atoms with Gasteiger partial charge in [-0.2, -0.15) is 0 Å². The number of hydrogen-bond acceptors (Lipinski definition) is 7. The number of hydrazine groups is 1. The van der Waals surface area contributed by atoms with E-state index in [1.165, 1.54) is 14.2 Å². The molecule has 1 aromatic carbocycles. The zero-order chi connectivity index (χ0) is 25.8. The SMILES string of the molecule is CCC(=O)N1C[C@@H](N(NC(=O)OC(C)(C)C)C(=O)OC(C)(C)C)Cc2cc(OC)c(OC)cc21. The van der Waals surface area contributed by atoms with E-state index in [4.69, 9.17) is 18.9 Å². The molecule has 3 amide bonds. The van der Waals surface area contributed by atoms with Gasteiger partial charge in [0.1, 0.15) is 11.2 Å². The van der Waals surface area contributed by atoms with Crippen LogP contribution in [0.4, 0.5) is 15.3 Å². The smallest absolute Gasteiger partial charge is 0.429 e. The molecule has 1 aromatic rings. The standard InChI is InChI=1S/C24H37N3O7/c1-10-20(28)26-14-16(11-15-12-18(31-8)19(32-9)13-17(15)26)27(22(30)34-24(5,6)7)25-21(29)33-23(2,3)4/h12-13,16H,10-11,14H2,1-9H3,(H,25,29)/t16-/m0/s1. The van der Waals surface area contributed by atoms with Crippen molar-refractivity contribution in [2.24, 2.45) is 0 Å². The highest BCUT2D eigenvalue weighted by Gasteiger charge is 2.38. The first-order valence-electron chi connectivity index (χ1n) is 11.3. The second-order valence-electron chi connectivity index (χ2n) is 10.0. The molecule has 1 aliphatic heterocycles. The molecule has 1 atom stereocenters. The number of anilines is 1. The highest BCUT2D eigenvalue weighted by atomic mass is 16.6. The van der Waals surface area contributed by atoms with Crippen molar-refractivity contribution in [2.75, 3.05) is 25.7 Å². The van der Waals surface area contributed by atoms with Crippen LogP contribution in [-0.4, -0.2) is 61.1 Å². The van der Waals surface area contributed by atoms with E-state index in [9.17, 15) is 14.4 Å². The van der Waals surface area contributed by atoms with Crippen LogP contribution in [0.2, 0.25) is 0 Å². The lowest BCUT2D eigenvalue weighted by Gasteiger charge is -2.40. The second kappa shape index (κ2) is 10.4. The van der Waals surface area contributed by atoms with Crippen molar-refractivity contribution in [3.8, 4) is 11.5 Å². The summed E-state index contributed by atoms with van der Waals surface area (Å²) in [7, 11) is 3.05. The number of carbonyl (C=O) groups is 3. The first kappa shape index (κ1) is 27.1. The van der Waals surface area contributed by atoms with Gasteiger partial charge in [0.15, 0.2) is 11.5 Å². The molecule has 0 spiro atoms. The van der Waals surface area contributed by atoms with E-state index in [1.807, 2.05) is 0 Å². The molecule has 1 aliphatic rings. The summed E-state index contributed by atoms with van der Waals surface area (Å²) in [6.07, 6.45) is -0.967. The number of amides is 3. The van der Waals surface area contributed by atoms with Gasteiger partial charge in [0.25, 0.3) is 0 Å². The number of benzene rings is 1. The van der Waals surface area contributed by atoms with Crippen molar-refractivity contribution >= 4 is 23.8 Å². The van der Waals surface area contributed by atoms with Crippen molar-refractivity contribution < 1.29 is 33.3 Å². The maximum absolute atomic E-state index is 13.1. The van der Waals surface area contributed by atoms with E-state index in [1.54, 1.807) is 65.5 Å². The van der Waals surface area contributed by atoms with Crippen LogP contribution in [0.5, 0.6) is 11.5 Å². The zero-order valence-corrected chi connectivity index (χ0v) is 21.6. The van der Waals surface area contributed by atoms with Crippen LogP contribution >= 0.6 is 0 Å². The molecule has 0 aliphatic carbocycles. The second-order valence-corrected chi connectivity index (χ2v) is 10.0. The van der Waals surface area contributed by atoms with E-state index >= 15 is 0 Å². The van der Waals surface area contributed by atoms with Crippen molar-refractivity contribution in [1.29, 1.82) is 0 Å². The summed E-state index contributed by atoms with van der Waals surface area (Å²) in [4.78, 5) is 40.2. The topological polar surface area (TPSA) is 107 Å². The van der Waals surface area contributed by atoms with Gasteiger partial charge in [-0.25, -0.2) is 20.0 Å². The summed E-state index contributed by atoms with van der Waals surface area (Å²) in [5, 5.41) is 1.11. The Kier molecular flexibility index (Phi) is 8.28. The summed E-state index contributed by atoms with van der Waals surface area (Å²) in [5.41, 5.74) is 2.39. The van der Waals surface area contributed by atoms with Crippen molar-refractivity contribution in [3.63, 3.8) is 0 Å². The predicted molar refractivity (Wildman–Crippen MR) is 127 cm³/mol. The van der Waals surface area contributed by atoms with Crippen LogP contribution in [0.15, 0.2) is 12.1 Å². The van der Waals surface area contributed by atoms with Crippen LogP contribution in [0, 0.1) is 0 Å². The summed E-state index contributed by atoms with van der Waals surface area (Å²) >= 11 is 0. The Morgan fingerprint density at radius 2 is 1.56 bits per heavy atom. The summed E-state index contributed by atoms with van der Waals surface area (Å²) < 4.78 is 21.7. The Morgan fingerprint density at radius 1 is 1.00 bits per heavy atom. The number of hydrogen-bond donors (Lipinski definition) is 1. The van der Waals surface area contributed by atoms with Crippen molar-refractivity contribution in [3.05, 3.63) is 17.7 Å². The Hall–Kier alpha value is -3.17. The first-order valence-corrected chi connectivity index (χ1v) is 11.3. The first-order chi connectivity index (χ1) is 15.7. The normalized spacial score (nSPS) is 15.7. The van der Waals surface area contributed by atoms with Gasteiger partial charge in [0, 0.05) is 19.0 Å². The third kappa shape index (κ3) is 6.91. The lowest BCUT2D eigenvalue weighted by molar-refractivity contribution is -0.118. The Bertz CT molecular complexity index is 918. The molecule has 0 saturated heterocycles. The molecule has 1 heterocycles. The molecule has 10 heteroatoms. The lowest BCUT2D eigenvalue weighted by atomic mass is 9.96. The maximum atomic E-state index is 13.1. The molecule has 0 saturated carbocycles. The summed E-state index contributed by atoms with van der Waals surface area (Å²) in [6, 6.07) is 2.90. The maximum Gasteiger partial charge on any atom is 0.429 e. The van der Waals surface area contributed by atoms with Gasteiger partial charge in [-0.15, -0.1) is 0 Å². The van der Waals surface area contributed by atoms with E-state index in [0.717, 1.165) is 10.6 Å². The van der Waals surface area contributed by atoms with Gasteiger partial charge in [-0.1, -0.05) is 6.92 Å². The van der Waals surface area contributed by atoms with Crippen LogP contribution in [0.25, 0.3) is 0 Å². The van der Waals surface area contributed by atoms with Gasteiger partial charge in [-0.05, 0) is 59.6 Å². The van der Waals surface area contributed by atoms with Crippen LogP contribution < -0.4 is 19.8 Å². The molecule has 0 bridgehead atoms. The Morgan fingerprint density at radius 3 is 2.06 bits per heavy atom. The van der Waals surface area contributed by atoms with E-state index < -0.39 is 29.4 Å². The molecular weight excluding hydrogens is 442 g/mol. The van der Waals surface area contributed by atoms with Crippen LogP contribution in [0.1, 0.15) is 60.5 Å². The molecular formula is C24H37N3O7. The highest BCUT2D eigenvalue weighted by Crippen LogP contribution is 2.39. The number of carbonyl (C=O) groups excluding carboxylic acids is 3. The monoisotopic (exact) mass is 479 g/mol. The third-order valence-corrected chi connectivity index (χ3v) is 4.89. The Labute approximate surface area is 201 Å². The fraction of sp³-hybridized carbons (Fsp3) is 0.625. The van der Waals surface area contributed by atoms with Crippen LogP contribution in [-0.2, 0) is 20.7 Å². The van der Waals surface area contributed by atoms with Crippen molar-refractivity contribution in [1.82, 2.24) is 10.4 Å². The number of fused-ring (bicyclic) bond motifs is 1. The number of rotatable bonds is 4. The minimum absolute atomic E-state index is 0.139. The average molecular weight is 480 g/mol. The highest BCUT2D eigenvalue weighted by molar-refractivity contribution is 5.95. The lowest BCUT2D eigenvalue weighted by Crippen LogP contribution is -2.59. The van der Waals surface area contributed by atoms with E-state index in [0.29, 0.717) is 23.6 Å². The zero-order valence-electron chi connectivity index (χ0n) is 21.6. The molecule has 0 fully saturated rings. The number of ether oxygens (including phenoxy) is 4. The van der Waals surface area contributed by atoms with Gasteiger partial charge >= 0.3 is 12.2 Å². The quantitative estimate of drug-likeness (QED) is 0.649. The van der Waals surface area contributed by atoms with Gasteiger partial charge in [0.05, 0.1) is 25.9 Å². The summed E-state index contributed by atoms with van der Waals surface area (Å²) in [6.45, 7) is 12.3. The van der Waals surface area contributed by atoms with E-state index in [2.05, 4.69) is 5.43 Å². The molecule has 1 N–H and O–H groups in total. The number of methoxy groups -OCH3 is 2. The van der Waals surface area contributed by atoms with Crippen LogP contribution in [0.3, 0.4) is 0 Å². The van der Waals surface area contributed by atoms with Gasteiger partial charge < -0.3 is 23.8 Å². The molecule has 10 nitrogen and oxygen atoms in total. The average Bonchev–Trinajstić information content (AvgIpc) is 2.72. The van der Waals surface area contributed by atoms with Gasteiger partial charge in [0.2, 0.25) is 5.91 Å². The molecule has 2 rings (SSSR count). The largest absolute Gasteiger partial charge is 0.493 e. The molecule has 0 radical (unpaired) electrons. The Balaban J connectivity index is 2.50. The fourth-order valence-electron chi connectivity index (χ4n) is 3.55. The minimum atomic E-state index is -0.801. The number of nitrogens with one attached hydrogen (secondary N) is 1. The third-order valence-electron chi connectivity index (χ3n) is 4.89. The minimum Gasteiger partial charge on any atom is -0.493 e. The van der Waals surface area contributed by atoms with E-state index in [-0.39, 0.29) is 18.9 Å². The molecule has 0 aromatic heterocycles. The summed E-state index contributed by atoms with van der Waals surface area (Å²) in [5.74, 6) is 0.846. The predicted octanol–water partition coefficient (Wildman–Crippen LogP) is 4.05. The molecule has 0 unspecified atom stereocenters. The number of nitrogens with zero attached hydrogens (tertiary/aromatic N) is 2. The molecule has 34 heavy (non-hydrogen) atoms. The fourth-order valence-corrected chi connectivity index (χ4v) is 3.55. The van der Waals surface area contributed by atoms with Crippen molar-refractivity contribution in [2.45, 2.75) is 78.6 Å².